The van der Waals surface area contributed by atoms with E-state index in [-0.39, 0.29) is 23.0 Å². The Kier molecular flexibility index (Phi) is 4.43. The summed E-state index contributed by atoms with van der Waals surface area (Å²) in [7, 11) is 1.68. The van der Waals surface area contributed by atoms with Gasteiger partial charge in [-0.15, -0.1) is 0 Å². The highest BCUT2D eigenvalue weighted by atomic mass is 16.4. The monoisotopic (exact) mass is 390 g/mol. The van der Waals surface area contributed by atoms with Crippen molar-refractivity contribution in [3.05, 3.63) is 75.9 Å². The van der Waals surface area contributed by atoms with Crippen LogP contribution in [0.5, 0.6) is 5.75 Å². The van der Waals surface area contributed by atoms with Gasteiger partial charge in [-0.2, -0.15) is 0 Å². The number of rotatable bonds is 3. The molecule has 4 aromatic rings. The largest absolute Gasteiger partial charge is 0.507 e. The lowest BCUT2D eigenvalue weighted by molar-refractivity contribution is 0.0993. The van der Waals surface area contributed by atoms with E-state index in [9.17, 15) is 14.7 Å². The highest BCUT2D eigenvalue weighted by Crippen LogP contribution is 2.34. The highest BCUT2D eigenvalue weighted by molar-refractivity contribution is 6.07. The van der Waals surface area contributed by atoms with Crippen LogP contribution in [-0.4, -0.2) is 23.0 Å². The lowest BCUT2D eigenvalue weighted by atomic mass is 10.1. The van der Waals surface area contributed by atoms with Gasteiger partial charge in [-0.05, 0) is 50.2 Å². The molecule has 7 heteroatoms. The summed E-state index contributed by atoms with van der Waals surface area (Å²) < 4.78 is 11.1. The highest BCUT2D eigenvalue weighted by Gasteiger charge is 2.19. The van der Waals surface area contributed by atoms with Gasteiger partial charge in [-0.3, -0.25) is 9.78 Å². The lowest BCUT2D eigenvalue weighted by Gasteiger charge is -2.16. The van der Waals surface area contributed by atoms with Gasteiger partial charge in [0.15, 0.2) is 11.5 Å². The van der Waals surface area contributed by atoms with E-state index < -0.39 is 5.63 Å². The van der Waals surface area contributed by atoms with Crippen molar-refractivity contribution in [1.29, 1.82) is 0 Å². The van der Waals surface area contributed by atoms with Crippen LogP contribution in [0.15, 0.2) is 62.4 Å². The molecule has 0 aliphatic heterocycles. The lowest BCUT2D eigenvalue weighted by Crippen LogP contribution is -2.26. The zero-order chi connectivity index (χ0) is 20.7. The molecule has 3 heterocycles. The van der Waals surface area contributed by atoms with E-state index in [1.54, 1.807) is 62.8 Å². The van der Waals surface area contributed by atoms with Gasteiger partial charge in [0.25, 0.3) is 5.91 Å². The van der Waals surface area contributed by atoms with Crippen LogP contribution in [0.4, 0.5) is 5.69 Å². The first-order valence-electron chi connectivity index (χ1n) is 8.92. The van der Waals surface area contributed by atoms with Gasteiger partial charge in [-0.25, -0.2) is 4.79 Å². The summed E-state index contributed by atoms with van der Waals surface area (Å²) >= 11 is 0. The number of aromatic nitrogens is 1. The Balaban J connectivity index is 1.74. The van der Waals surface area contributed by atoms with E-state index >= 15 is 0 Å². The quantitative estimate of drug-likeness (QED) is 0.567. The summed E-state index contributed by atoms with van der Waals surface area (Å²) in [4.78, 5) is 30.3. The van der Waals surface area contributed by atoms with Crippen molar-refractivity contribution in [2.45, 2.75) is 13.8 Å². The fourth-order valence-electron chi connectivity index (χ4n) is 3.12. The number of benzene rings is 1. The number of anilines is 1. The Labute approximate surface area is 165 Å². The minimum absolute atomic E-state index is 0.120. The molecule has 29 heavy (non-hydrogen) atoms. The maximum absolute atomic E-state index is 12.8. The first-order valence-corrected chi connectivity index (χ1v) is 8.92. The topological polar surface area (TPSA) is 96.8 Å². The van der Waals surface area contributed by atoms with Crippen molar-refractivity contribution >= 4 is 22.6 Å². The van der Waals surface area contributed by atoms with Crippen molar-refractivity contribution in [1.82, 2.24) is 4.98 Å². The molecule has 1 aromatic carbocycles. The van der Waals surface area contributed by atoms with Crippen LogP contribution >= 0.6 is 0 Å². The molecule has 0 fully saturated rings. The van der Waals surface area contributed by atoms with Gasteiger partial charge in [0.2, 0.25) is 0 Å². The molecule has 0 atom stereocenters. The molecule has 7 nitrogen and oxygen atoms in total. The second kappa shape index (κ2) is 6.94. The van der Waals surface area contributed by atoms with Gasteiger partial charge < -0.3 is 18.8 Å². The number of carbonyl (C=O) groups excluding carboxylic acids is 1. The summed E-state index contributed by atoms with van der Waals surface area (Å²) in [5, 5.41) is 10.8. The molecule has 146 valence electrons. The Morgan fingerprint density at radius 3 is 2.62 bits per heavy atom. The molecular weight excluding hydrogens is 372 g/mol. The molecule has 4 rings (SSSR count). The minimum Gasteiger partial charge on any atom is -0.507 e. The van der Waals surface area contributed by atoms with E-state index in [0.717, 1.165) is 0 Å². The van der Waals surface area contributed by atoms with Crippen molar-refractivity contribution in [2.24, 2.45) is 0 Å². The van der Waals surface area contributed by atoms with E-state index in [0.29, 0.717) is 33.5 Å². The third kappa shape index (κ3) is 3.16. The Morgan fingerprint density at radius 1 is 1.10 bits per heavy atom. The molecule has 0 aliphatic carbocycles. The number of furan rings is 1. The number of hydrogen-bond acceptors (Lipinski definition) is 6. The van der Waals surface area contributed by atoms with Crippen LogP contribution in [-0.2, 0) is 0 Å². The zero-order valence-corrected chi connectivity index (χ0v) is 16.1. The summed E-state index contributed by atoms with van der Waals surface area (Å²) in [6.45, 7) is 3.14. The number of aromatic hydroxyl groups is 1. The smallest absolute Gasteiger partial charge is 0.343 e. The predicted octanol–water partition coefficient (Wildman–Crippen LogP) is 4.05. The summed E-state index contributed by atoms with van der Waals surface area (Å²) in [5.74, 6) is 0.147. The Bertz CT molecular complexity index is 1290. The number of amides is 1. The van der Waals surface area contributed by atoms with Crippen LogP contribution in [0.1, 0.15) is 21.5 Å². The van der Waals surface area contributed by atoms with Crippen molar-refractivity contribution in [3.63, 3.8) is 0 Å². The van der Waals surface area contributed by atoms with Crippen molar-refractivity contribution in [3.8, 4) is 17.3 Å². The van der Waals surface area contributed by atoms with E-state index in [2.05, 4.69) is 4.98 Å². The number of fused-ring (bicyclic) bond motifs is 1. The van der Waals surface area contributed by atoms with E-state index in [4.69, 9.17) is 8.83 Å². The van der Waals surface area contributed by atoms with Gasteiger partial charge in [-0.1, -0.05) is 0 Å². The van der Waals surface area contributed by atoms with E-state index in [1.165, 1.54) is 11.8 Å². The summed E-state index contributed by atoms with van der Waals surface area (Å²) in [6.07, 6.45) is 3.26. The number of pyridine rings is 1. The molecule has 3 aromatic heterocycles. The van der Waals surface area contributed by atoms with E-state index in [1.807, 2.05) is 0 Å². The van der Waals surface area contributed by atoms with Crippen LogP contribution in [0, 0.1) is 13.8 Å². The molecule has 0 saturated carbocycles. The molecule has 0 spiro atoms. The van der Waals surface area contributed by atoms with Gasteiger partial charge in [0, 0.05) is 29.8 Å². The molecule has 0 saturated heterocycles. The van der Waals surface area contributed by atoms with Gasteiger partial charge in [0.1, 0.15) is 11.3 Å². The molecule has 1 N–H and O–H groups in total. The van der Waals surface area contributed by atoms with Crippen molar-refractivity contribution in [2.75, 3.05) is 11.9 Å². The molecular formula is C22H18N2O5. The average Bonchev–Trinajstić information content (AvgIpc) is 3.17. The first-order chi connectivity index (χ1) is 13.9. The fraction of sp³-hybridized carbons (Fsp3) is 0.136. The van der Waals surface area contributed by atoms with Crippen molar-refractivity contribution < 1.29 is 18.7 Å². The molecule has 0 bridgehead atoms. The Morgan fingerprint density at radius 2 is 1.90 bits per heavy atom. The third-order valence-electron chi connectivity index (χ3n) is 4.88. The molecule has 0 radical (unpaired) electrons. The second-order valence-electron chi connectivity index (χ2n) is 6.76. The van der Waals surface area contributed by atoms with Crippen LogP contribution in [0.25, 0.3) is 22.5 Å². The summed E-state index contributed by atoms with van der Waals surface area (Å²) in [6, 6.07) is 10.3. The van der Waals surface area contributed by atoms with Gasteiger partial charge in [0.05, 0.1) is 17.4 Å². The molecule has 0 aliphatic rings. The third-order valence-corrected chi connectivity index (χ3v) is 4.88. The number of carbonyl (C=O) groups is 1. The van der Waals surface area contributed by atoms with Gasteiger partial charge >= 0.3 is 5.63 Å². The maximum atomic E-state index is 12.8. The standard InChI is InChI=1S/C22H18N2O5/c1-12-19(25)13(2)22(27)29-20(12)18-10-15-9-14(6-7-17(15)28-18)21(26)24(3)16-5-4-8-23-11-16/h4-11,25H,1-3H3. The van der Waals surface area contributed by atoms with Crippen LogP contribution < -0.4 is 10.5 Å². The fourth-order valence-corrected chi connectivity index (χ4v) is 3.12. The minimum atomic E-state index is -0.627. The second-order valence-corrected chi connectivity index (χ2v) is 6.76. The predicted molar refractivity (Wildman–Crippen MR) is 108 cm³/mol. The number of nitrogens with zero attached hydrogens (tertiary/aromatic N) is 2. The molecule has 1 amide bonds. The Hall–Kier alpha value is -3.87. The maximum Gasteiger partial charge on any atom is 0.343 e. The SMILES string of the molecule is Cc1c(-c2cc3cc(C(=O)N(C)c4cccnc4)ccc3o2)oc(=O)c(C)c1O. The number of hydrogen-bond donors (Lipinski definition) is 1. The normalized spacial score (nSPS) is 11.0. The first kappa shape index (κ1) is 18.5. The van der Waals surface area contributed by atoms with Crippen LogP contribution in [0.3, 0.4) is 0 Å². The van der Waals surface area contributed by atoms with Crippen LogP contribution in [0.2, 0.25) is 0 Å². The average molecular weight is 390 g/mol. The summed E-state index contributed by atoms with van der Waals surface area (Å²) in [5.41, 5.74) is 1.61. The molecule has 0 unspecified atom stereocenters. The zero-order valence-electron chi connectivity index (χ0n) is 16.1.